The number of rotatable bonds is 3. The Morgan fingerprint density at radius 2 is 2.10 bits per heavy atom. The van der Waals surface area contributed by atoms with Gasteiger partial charge in [0, 0.05) is 11.3 Å². The molecule has 0 radical (unpaired) electrons. The number of fused-ring (bicyclic) bond motifs is 1. The molecule has 0 spiro atoms. The van der Waals surface area contributed by atoms with Crippen molar-refractivity contribution in [3.05, 3.63) is 11.1 Å². The molecule has 0 aromatic carbocycles. The van der Waals surface area contributed by atoms with Crippen LogP contribution in [0, 0.1) is 17.8 Å². The van der Waals surface area contributed by atoms with Crippen LogP contribution in [0.4, 0.5) is 5.13 Å². The van der Waals surface area contributed by atoms with Gasteiger partial charge in [-0.1, -0.05) is 25.7 Å². The fraction of sp³-hybridized carbons (Fsp3) is 0.750. The van der Waals surface area contributed by atoms with Gasteiger partial charge in [-0.2, -0.15) is 0 Å². The SMILES string of the molecule is CC(O)c1csc(NC(=O)C2CCC3CCCCC3C2)n1. The fourth-order valence-electron chi connectivity index (χ4n) is 3.85. The molecule has 116 valence electrons. The Kier molecular flexibility index (Phi) is 4.60. The number of aromatic nitrogens is 1. The van der Waals surface area contributed by atoms with Crippen LogP contribution < -0.4 is 5.32 Å². The second kappa shape index (κ2) is 6.44. The highest BCUT2D eigenvalue weighted by atomic mass is 32.1. The summed E-state index contributed by atoms with van der Waals surface area (Å²) in [5.41, 5.74) is 0.631. The maximum absolute atomic E-state index is 12.4. The van der Waals surface area contributed by atoms with E-state index in [2.05, 4.69) is 10.3 Å². The Morgan fingerprint density at radius 1 is 1.33 bits per heavy atom. The molecule has 5 heteroatoms. The molecule has 2 aliphatic carbocycles. The zero-order chi connectivity index (χ0) is 14.8. The Labute approximate surface area is 130 Å². The molecule has 4 nitrogen and oxygen atoms in total. The number of anilines is 1. The van der Waals surface area contributed by atoms with Gasteiger partial charge in [0.05, 0.1) is 11.8 Å². The number of carbonyl (C=O) groups excluding carboxylic acids is 1. The molecule has 1 amide bonds. The molecular formula is C16H24N2O2S. The molecule has 3 rings (SSSR count). The van der Waals surface area contributed by atoms with Crippen LogP contribution in [0.2, 0.25) is 0 Å². The first-order valence-electron chi connectivity index (χ1n) is 8.08. The van der Waals surface area contributed by atoms with Gasteiger partial charge in [-0.15, -0.1) is 11.3 Å². The summed E-state index contributed by atoms with van der Waals surface area (Å²) >= 11 is 1.39. The Balaban J connectivity index is 1.57. The zero-order valence-electron chi connectivity index (χ0n) is 12.5. The summed E-state index contributed by atoms with van der Waals surface area (Å²) in [5, 5.41) is 14.8. The van der Waals surface area contributed by atoms with Crippen molar-refractivity contribution in [1.82, 2.24) is 4.98 Å². The van der Waals surface area contributed by atoms with Crippen molar-refractivity contribution in [2.75, 3.05) is 5.32 Å². The predicted octanol–water partition coefficient (Wildman–Crippen LogP) is 3.74. The molecule has 2 aliphatic rings. The van der Waals surface area contributed by atoms with E-state index in [0.29, 0.717) is 10.8 Å². The van der Waals surface area contributed by atoms with Crippen molar-refractivity contribution in [3.8, 4) is 0 Å². The standard InChI is InChI=1S/C16H24N2O2S/c1-10(19)14-9-21-16(17-14)18-15(20)13-7-6-11-4-2-3-5-12(11)8-13/h9-13,19H,2-8H2,1H3,(H,17,18,20). The van der Waals surface area contributed by atoms with Crippen molar-refractivity contribution >= 4 is 22.4 Å². The molecule has 21 heavy (non-hydrogen) atoms. The first-order chi connectivity index (χ1) is 10.1. The number of aliphatic hydroxyl groups is 1. The lowest BCUT2D eigenvalue weighted by molar-refractivity contribution is -0.122. The van der Waals surface area contributed by atoms with Crippen LogP contribution in [-0.4, -0.2) is 16.0 Å². The van der Waals surface area contributed by atoms with Gasteiger partial charge in [0.25, 0.3) is 0 Å². The van der Waals surface area contributed by atoms with Crippen LogP contribution in [0.3, 0.4) is 0 Å². The zero-order valence-corrected chi connectivity index (χ0v) is 13.4. The fourth-order valence-corrected chi connectivity index (χ4v) is 4.65. The first-order valence-corrected chi connectivity index (χ1v) is 8.96. The number of aliphatic hydroxyl groups excluding tert-OH is 1. The normalized spacial score (nSPS) is 30.5. The van der Waals surface area contributed by atoms with Crippen LogP contribution in [-0.2, 0) is 4.79 Å². The molecule has 4 unspecified atom stereocenters. The summed E-state index contributed by atoms with van der Waals surface area (Å²) in [5.74, 6) is 1.88. The van der Waals surface area contributed by atoms with E-state index >= 15 is 0 Å². The van der Waals surface area contributed by atoms with Crippen LogP contribution in [0.15, 0.2) is 5.38 Å². The molecule has 0 aliphatic heterocycles. The van der Waals surface area contributed by atoms with Crippen LogP contribution >= 0.6 is 11.3 Å². The topological polar surface area (TPSA) is 62.2 Å². The Bertz CT molecular complexity index is 500. The summed E-state index contributed by atoms with van der Waals surface area (Å²) in [6.07, 6.45) is 8.07. The number of hydrogen-bond donors (Lipinski definition) is 2. The number of thiazole rings is 1. The monoisotopic (exact) mass is 308 g/mol. The summed E-state index contributed by atoms with van der Waals surface area (Å²) in [6.45, 7) is 1.69. The van der Waals surface area contributed by atoms with Gasteiger partial charge in [0.1, 0.15) is 0 Å². The summed E-state index contributed by atoms with van der Waals surface area (Å²) < 4.78 is 0. The van der Waals surface area contributed by atoms with E-state index in [4.69, 9.17) is 0 Å². The highest BCUT2D eigenvalue weighted by Gasteiger charge is 2.35. The molecule has 0 bridgehead atoms. The van der Waals surface area contributed by atoms with E-state index in [1.165, 1.54) is 43.4 Å². The molecule has 2 saturated carbocycles. The van der Waals surface area contributed by atoms with E-state index in [-0.39, 0.29) is 11.8 Å². The van der Waals surface area contributed by atoms with E-state index in [1.54, 1.807) is 12.3 Å². The van der Waals surface area contributed by atoms with E-state index in [9.17, 15) is 9.90 Å². The first kappa shape index (κ1) is 15.0. The third kappa shape index (κ3) is 3.46. The van der Waals surface area contributed by atoms with Crippen molar-refractivity contribution in [1.29, 1.82) is 0 Å². The lowest BCUT2D eigenvalue weighted by Crippen LogP contribution is -2.33. The van der Waals surface area contributed by atoms with Gasteiger partial charge in [-0.25, -0.2) is 4.98 Å². The van der Waals surface area contributed by atoms with Crippen molar-refractivity contribution in [2.24, 2.45) is 17.8 Å². The molecule has 4 atom stereocenters. The maximum Gasteiger partial charge on any atom is 0.229 e. The number of nitrogens with one attached hydrogen (secondary N) is 1. The molecule has 1 aromatic rings. The van der Waals surface area contributed by atoms with Crippen molar-refractivity contribution in [2.45, 2.75) is 58.0 Å². The molecular weight excluding hydrogens is 284 g/mol. The number of hydrogen-bond acceptors (Lipinski definition) is 4. The van der Waals surface area contributed by atoms with Gasteiger partial charge >= 0.3 is 0 Å². The number of amides is 1. The quantitative estimate of drug-likeness (QED) is 0.894. The highest BCUT2D eigenvalue weighted by Crippen LogP contribution is 2.43. The lowest BCUT2D eigenvalue weighted by Gasteiger charge is -2.38. The lowest BCUT2D eigenvalue weighted by atomic mass is 9.67. The average Bonchev–Trinajstić information content (AvgIpc) is 2.95. The molecule has 1 aromatic heterocycles. The Morgan fingerprint density at radius 3 is 2.81 bits per heavy atom. The maximum atomic E-state index is 12.4. The van der Waals surface area contributed by atoms with E-state index in [0.717, 1.165) is 24.7 Å². The molecule has 1 heterocycles. The molecule has 2 N–H and O–H groups in total. The van der Waals surface area contributed by atoms with Crippen molar-refractivity contribution in [3.63, 3.8) is 0 Å². The third-order valence-corrected chi connectivity index (χ3v) is 5.87. The minimum absolute atomic E-state index is 0.116. The molecule has 2 fully saturated rings. The van der Waals surface area contributed by atoms with E-state index in [1.807, 2.05) is 0 Å². The van der Waals surface area contributed by atoms with Gasteiger partial charge in [-0.05, 0) is 38.0 Å². The van der Waals surface area contributed by atoms with E-state index < -0.39 is 6.10 Å². The second-order valence-corrected chi connectivity index (χ2v) is 7.42. The van der Waals surface area contributed by atoms with Crippen LogP contribution in [0.5, 0.6) is 0 Å². The smallest absolute Gasteiger partial charge is 0.229 e. The Hall–Kier alpha value is -0.940. The summed E-state index contributed by atoms with van der Waals surface area (Å²) in [7, 11) is 0. The molecule has 0 saturated heterocycles. The average molecular weight is 308 g/mol. The minimum atomic E-state index is -0.579. The van der Waals surface area contributed by atoms with Crippen LogP contribution in [0.1, 0.15) is 63.7 Å². The summed E-state index contributed by atoms with van der Waals surface area (Å²) in [4.78, 5) is 16.7. The van der Waals surface area contributed by atoms with Gasteiger partial charge in [0.2, 0.25) is 5.91 Å². The highest BCUT2D eigenvalue weighted by molar-refractivity contribution is 7.13. The number of carbonyl (C=O) groups is 1. The van der Waals surface area contributed by atoms with Gasteiger partial charge < -0.3 is 10.4 Å². The summed E-state index contributed by atoms with van der Waals surface area (Å²) in [6, 6.07) is 0. The minimum Gasteiger partial charge on any atom is -0.387 e. The predicted molar refractivity (Wildman–Crippen MR) is 84.2 cm³/mol. The third-order valence-electron chi connectivity index (χ3n) is 5.09. The van der Waals surface area contributed by atoms with Gasteiger partial charge in [-0.3, -0.25) is 4.79 Å². The second-order valence-electron chi connectivity index (χ2n) is 6.56. The van der Waals surface area contributed by atoms with Gasteiger partial charge in [0.15, 0.2) is 5.13 Å². The largest absolute Gasteiger partial charge is 0.387 e. The number of nitrogens with zero attached hydrogens (tertiary/aromatic N) is 1. The van der Waals surface area contributed by atoms with Crippen LogP contribution in [0.25, 0.3) is 0 Å². The van der Waals surface area contributed by atoms with Crippen molar-refractivity contribution < 1.29 is 9.90 Å².